The van der Waals surface area contributed by atoms with Crippen LogP contribution < -0.4 is 0 Å². The van der Waals surface area contributed by atoms with Crippen molar-refractivity contribution >= 4 is 0 Å². The zero-order valence-electron chi connectivity index (χ0n) is 5.15. The summed E-state index contributed by atoms with van der Waals surface area (Å²) in [4.78, 5) is 2.47. The molecule has 0 spiro atoms. The van der Waals surface area contributed by atoms with E-state index in [0.717, 1.165) is 6.04 Å². The molecule has 1 unspecified atom stereocenters. The topological polar surface area (TPSA) is 3.01 Å². The van der Waals surface area contributed by atoms with Gasteiger partial charge in [0.1, 0.15) is 0 Å². The van der Waals surface area contributed by atoms with Crippen LogP contribution in [0, 0.1) is 0 Å². The van der Waals surface area contributed by atoms with Gasteiger partial charge in [0.2, 0.25) is 0 Å². The quantitative estimate of drug-likeness (QED) is 0.468. The molecule has 0 amide bonds. The highest BCUT2D eigenvalue weighted by Gasteiger charge is 2.26. The Balaban J connectivity index is 1.98. The van der Waals surface area contributed by atoms with E-state index in [9.17, 15) is 0 Å². The van der Waals surface area contributed by atoms with Crippen LogP contribution in [0.15, 0.2) is 0 Å². The fraction of sp³-hybridized carbons (Fsp3) is 1.00. The Kier molecular flexibility index (Phi) is 1.33. The highest BCUT2D eigenvalue weighted by Crippen LogP contribution is 2.14. The lowest BCUT2D eigenvalue weighted by Gasteiger charge is -1.92. The van der Waals surface area contributed by atoms with Gasteiger partial charge in [-0.2, -0.15) is 0 Å². The lowest BCUT2D eigenvalue weighted by Crippen LogP contribution is -1.98. The molecule has 0 radical (unpaired) electrons. The average Bonchev–Trinajstić information content (AvgIpc) is 2.22. The molecule has 1 fully saturated rings. The first-order chi connectivity index (χ1) is 3.34. The highest BCUT2D eigenvalue weighted by molar-refractivity contribution is 4.83. The van der Waals surface area contributed by atoms with Crippen LogP contribution >= 0.6 is 0 Å². The van der Waals surface area contributed by atoms with Crippen LogP contribution in [0.1, 0.15) is 20.3 Å². The molecule has 1 heterocycles. The van der Waals surface area contributed by atoms with Gasteiger partial charge in [-0.1, -0.05) is 6.92 Å². The Morgan fingerprint density at radius 2 is 2.29 bits per heavy atom. The molecule has 0 aromatic heterocycles. The van der Waals surface area contributed by atoms with Gasteiger partial charge >= 0.3 is 0 Å². The second-order valence-corrected chi connectivity index (χ2v) is 2.34. The zero-order valence-corrected chi connectivity index (χ0v) is 5.15. The molecule has 1 rings (SSSR count). The molecule has 0 N–H and O–H groups in total. The largest absolute Gasteiger partial charge is 0.298 e. The minimum atomic E-state index is 0.903. The second-order valence-electron chi connectivity index (χ2n) is 2.34. The van der Waals surface area contributed by atoms with E-state index in [4.69, 9.17) is 0 Å². The zero-order chi connectivity index (χ0) is 5.28. The Bertz CT molecular complexity index is 61.2. The Labute approximate surface area is 45.3 Å². The van der Waals surface area contributed by atoms with Crippen molar-refractivity contribution in [2.45, 2.75) is 26.3 Å². The van der Waals surface area contributed by atoms with E-state index >= 15 is 0 Å². The van der Waals surface area contributed by atoms with Crippen molar-refractivity contribution in [2.75, 3.05) is 13.1 Å². The summed E-state index contributed by atoms with van der Waals surface area (Å²) < 4.78 is 0. The molecule has 0 saturated carbocycles. The lowest BCUT2D eigenvalue weighted by molar-refractivity contribution is 0.514. The summed E-state index contributed by atoms with van der Waals surface area (Å²) in [6.07, 6.45) is 1.31. The summed E-state index contributed by atoms with van der Waals surface area (Å²) in [5.41, 5.74) is 0. The number of hydrogen-bond acceptors (Lipinski definition) is 1. The van der Waals surface area contributed by atoms with E-state index < -0.39 is 0 Å². The summed E-state index contributed by atoms with van der Waals surface area (Å²) in [5, 5.41) is 0. The predicted molar refractivity (Wildman–Crippen MR) is 31.3 cm³/mol. The monoisotopic (exact) mass is 99.1 g/mol. The van der Waals surface area contributed by atoms with Crippen molar-refractivity contribution in [3.63, 3.8) is 0 Å². The minimum absolute atomic E-state index is 0.903. The second kappa shape index (κ2) is 1.83. The third kappa shape index (κ3) is 1.16. The summed E-state index contributed by atoms with van der Waals surface area (Å²) >= 11 is 0. The van der Waals surface area contributed by atoms with E-state index in [2.05, 4.69) is 18.7 Å². The number of rotatable bonds is 2. The van der Waals surface area contributed by atoms with Gasteiger partial charge < -0.3 is 0 Å². The van der Waals surface area contributed by atoms with Crippen LogP contribution in [0.5, 0.6) is 0 Å². The van der Waals surface area contributed by atoms with Gasteiger partial charge in [-0.25, -0.2) is 0 Å². The fourth-order valence-electron chi connectivity index (χ4n) is 0.891. The molecule has 1 nitrogen and oxygen atoms in total. The van der Waals surface area contributed by atoms with Crippen molar-refractivity contribution in [1.29, 1.82) is 0 Å². The minimum Gasteiger partial charge on any atom is -0.298 e. The van der Waals surface area contributed by atoms with E-state index in [0.29, 0.717) is 0 Å². The summed E-state index contributed by atoms with van der Waals surface area (Å²) in [7, 11) is 0. The predicted octanol–water partition coefficient (Wildman–Crippen LogP) is 1.10. The molecule has 42 valence electrons. The van der Waals surface area contributed by atoms with Crippen LogP contribution in [-0.2, 0) is 0 Å². The van der Waals surface area contributed by atoms with E-state index in [1.165, 1.54) is 19.5 Å². The fourth-order valence-corrected chi connectivity index (χ4v) is 0.891. The van der Waals surface area contributed by atoms with Crippen molar-refractivity contribution in [2.24, 2.45) is 0 Å². The molecular weight excluding hydrogens is 86.1 g/mol. The molecule has 0 aromatic carbocycles. The van der Waals surface area contributed by atoms with Crippen LogP contribution in [0.4, 0.5) is 0 Å². The van der Waals surface area contributed by atoms with Gasteiger partial charge in [-0.05, 0) is 19.9 Å². The molecular formula is C6H13N. The van der Waals surface area contributed by atoms with Crippen molar-refractivity contribution in [1.82, 2.24) is 4.90 Å². The van der Waals surface area contributed by atoms with Crippen molar-refractivity contribution < 1.29 is 0 Å². The molecule has 0 aliphatic carbocycles. The molecule has 1 aliphatic rings. The SMILES string of the molecule is CCCN1C[C@@H]1C. The molecule has 2 atom stereocenters. The average molecular weight is 99.2 g/mol. The maximum absolute atomic E-state index is 2.47. The van der Waals surface area contributed by atoms with Gasteiger partial charge in [-0.3, -0.25) is 4.90 Å². The normalized spacial score (nSPS) is 38.6. The third-order valence-corrected chi connectivity index (χ3v) is 1.50. The Hall–Kier alpha value is -0.0400. The molecule has 1 heteroatoms. The molecule has 0 bridgehead atoms. The Morgan fingerprint density at radius 1 is 1.71 bits per heavy atom. The van der Waals surface area contributed by atoms with E-state index in [-0.39, 0.29) is 0 Å². The molecule has 1 saturated heterocycles. The lowest BCUT2D eigenvalue weighted by atomic mass is 10.5. The maximum Gasteiger partial charge on any atom is 0.0195 e. The van der Waals surface area contributed by atoms with E-state index in [1.807, 2.05) is 0 Å². The van der Waals surface area contributed by atoms with Crippen LogP contribution in [-0.4, -0.2) is 24.0 Å². The maximum atomic E-state index is 2.47. The van der Waals surface area contributed by atoms with Crippen molar-refractivity contribution in [3.05, 3.63) is 0 Å². The van der Waals surface area contributed by atoms with E-state index in [1.54, 1.807) is 0 Å². The van der Waals surface area contributed by atoms with Crippen LogP contribution in [0.25, 0.3) is 0 Å². The van der Waals surface area contributed by atoms with Gasteiger partial charge in [0, 0.05) is 12.6 Å². The Morgan fingerprint density at radius 3 is 2.43 bits per heavy atom. The molecule has 1 aliphatic heterocycles. The number of nitrogens with zero attached hydrogens (tertiary/aromatic N) is 1. The molecule has 7 heavy (non-hydrogen) atoms. The smallest absolute Gasteiger partial charge is 0.0195 e. The third-order valence-electron chi connectivity index (χ3n) is 1.50. The first-order valence-corrected chi connectivity index (χ1v) is 3.08. The first kappa shape index (κ1) is 5.10. The summed E-state index contributed by atoms with van der Waals surface area (Å²) in [5.74, 6) is 0. The summed E-state index contributed by atoms with van der Waals surface area (Å²) in [6, 6.07) is 0.903. The van der Waals surface area contributed by atoms with Gasteiger partial charge in [0.15, 0.2) is 0 Å². The summed E-state index contributed by atoms with van der Waals surface area (Å²) in [6.45, 7) is 7.15. The van der Waals surface area contributed by atoms with Crippen LogP contribution in [0.3, 0.4) is 0 Å². The van der Waals surface area contributed by atoms with Gasteiger partial charge in [-0.15, -0.1) is 0 Å². The first-order valence-electron chi connectivity index (χ1n) is 3.08. The van der Waals surface area contributed by atoms with Gasteiger partial charge in [0.25, 0.3) is 0 Å². The van der Waals surface area contributed by atoms with Crippen LogP contribution in [0.2, 0.25) is 0 Å². The highest BCUT2D eigenvalue weighted by atomic mass is 15.3. The van der Waals surface area contributed by atoms with Crippen molar-refractivity contribution in [3.8, 4) is 0 Å². The van der Waals surface area contributed by atoms with Gasteiger partial charge in [0.05, 0.1) is 0 Å². The standard InChI is InChI=1S/C6H13N/c1-3-4-7-5-6(7)2/h6H,3-5H2,1-2H3/t6-,7?/m0/s1. The molecule has 0 aromatic rings. The number of hydrogen-bond donors (Lipinski definition) is 0.